The number of H-pyrrole nitrogens is 1. The smallest absolute Gasteiger partial charge is 0.317 e. The fourth-order valence-corrected chi connectivity index (χ4v) is 2.86. The zero-order chi connectivity index (χ0) is 16.2. The van der Waals surface area contributed by atoms with Crippen LogP contribution in [0.2, 0.25) is 0 Å². The van der Waals surface area contributed by atoms with Gasteiger partial charge in [0.15, 0.2) is 0 Å². The van der Waals surface area contributed by atoms with Crippen molar-refractivity contribution in [3.05, 3.63) is 52.3 Å². The third-order valence-electron chi connectivity index (χ3n) is 3.98. The Morgan fingerprint density at radius 3 is 3.04 bits per heavy atom. The standard InChI is InChI=1S/C15H17N5O3/c21-15(18-12-4-3-5-13(8-12)20(22)23)19-7-2-1-6-14(19)11-9-16-17-10-11/h3-5,8-10,14H,1-2,6-7H2,(H,16,17)(H,18,21)/t14-/m1/s1. The van der Waals surface area contributed by atoms with Gasteiger partial charge in [-0.25, -0.2) is 4.79 Å². The van der Waals surface area contributed by atoms with E-state index in [0.29, 0.717) is 12.2 Å². The lowest BCUT2D eigenvalue weighted by molar-refractivity contribution is -0.384. The number of aromatic amines is 1. The van der Waals surface area contributed by atoms with Crippen LogP contribution >= 0.6 is 0 Å². The maximum absolute atomic E-state index is 12.6. The molecule has 0 aliphatic carbocycles. The van der Waals surface area contributed by atoms with E-state index in [0.717, 1.165) is 24.8 Å². The number of aromatic nitrogens is 2. The molecule has 1 aromatic carbocycles. The van der Waals surface area contributed by atoms with Crippen molar-refractivity contribution in [3.63, 3.8) is 0 Å². The third kappa shape index (κ3) is 3.31. The van der Waals surface area contributed by atoms with Gasteiger partial charge in [-0.05, 0) is 25.3 Å². The molecule has 0 radical (unpaired) electrons. The van der Waals surface area contributed by atoms with Gasteiger partial charge in [-0.2, -0.15) is 5.10 Å². The first-order valence-corrected chi connectivity index (χ1v) is 7.46. The Balaban J connectivity index is 1.76. The predicted molar refractivity (Wildman–Crippen MR) is 84.0 cm³/mol. The van der Waals surface area contributed by atoms with Gasteiger partial charge < -0.3 is 10.2 Å². The van der Waals surface area contributed by atoms with Crippen molar-refractivity contribution in [1.29, 1.82) is 0 Å². The monoisotopic (exact) mass is 315 g/mol. The first kappa shape index (κ1) is 15.0. The second-order valence-corrected chi connectivity index (χ2v) is 5.47. The average molecular weight is 315 g/mol. The molecule has 2 heterocycles. The van der Waals surface area contributed by atoms with Crippen molar-refractivity contribution < 1.29 is 9.72 Å². The Bertz CT molecular complexity index is 701. The molecule has 0 saturated carbocycles. The molecule has 0 unspecified atom stereocenters. The van der Waals surface area contributed by atoms with Crippen LogP contribution in [-0.4, -0.2) is 32.6 Å². The summed E-state index contributed by atoms with van der Waals surface area (Å²) in [7, 11) is 0. The largest absolute Gasteiger partial charge is 0.322 e. The van der Waals surface area contributed by atoms with Crippen molar-refractivity contribution in [2.45, 2.75) is 25.3 Å². The number of nitro groups is 1. The molecule has 0 bridgehead atoms. The number of hydrogen-bond acceptors (Lipinski definition) is 4. The van der Waals surface area contributed by atoms with Gasteiger partial charge in [0.25, 0.3) is 5.69 Å². The maximum atomic E-state index is 12.6. The molecule has 3 rings (SSSR count). The molecule has 1 atom stereocenters. The molecule has 2 amide bonds. The van der Waals surface area contributed by atoms with Gasteiger partial charge in [-0.1, -0.05) is 6.07 Å². The number of nitrogens with zero attached hydrogens (tertiary/aromatic N) is 3. The maximum Gasteiger partial charge on any atom is 0.322 e. The van der Waals surface area contributed by atoms with E-state index < -0.39 is 4.92 Å². The number of urea groups is 1. The molecule has 120 valence electrons. The van der Waals surface area contributed by atoms with Crippen molar-refractivity contribution in [2.24, 2.45) is 0 Å². The van der Waals surface area contributed by atoms with E-state index in [1.54, 1.807) is 29.4 Å². The van der Waals surface area contributed by atoms with Crippen LogP contribution in [0.25, 0.3) is 0 Å². The second kappa shape index (κ2) is 6.47. The number of non-ortho nitro benzene ring substituents is 1. The molecular weight excluding hydrogens is 298 g/mol. The van der Waals surface area contributed by atoms with Gasteiger partial charge in [-0.3, -0.25) is 15.2 Å². The molecule has 8 heteroatoms. The van der Waals surface area contributed by atoms with Crippen molar-refractivity contribution >= 4 is 17.4 Å². The summed E-state index contributed by atoms with van der Waals surface area (Å²) >= 11 is 0. The highest BCUT2D eigenvalue weighted by Gasteiger charge is 2.28. The van der Waals surface area contributed by atoms with Crippen LogP contribution in [-0.2, 0) is 0 Å². The molecule has 1 aliphatic heterocycles. The molecule has 1 aliphatic rings. The fraction of sp³-hybridized carbons (Fsp3) is 0.333. The quantitative estimate of drug-likeness (QED) is 0.670. The van der Waals surface area contributed by atoms with Crippen LogP contribution in [0.4, 0.5) is 16.2 Å². The fourth-order valence-electron chi connectivity index (χ4n) is 2.86. The van der Waals surface area contributed by atoms with E-state index in [1.807, 2.05) is 0 Å². The summed E-state index contributed by atoms with van der Waals surface area (Å²) in [6.45, 7) is 0.649. The van der Waals surface area contributed by atoms with E-state index in [2.05, 4.69) is 15.5 Å². The van der Waals surface area contributed by atoms with Gasteiger partial charge in [0.05, 0.1) is 17.2 Å². The number of hydrogen-bond donors (Lipinski definition) is 2. The van der Waals surface area contributed by atoms with Gasteiger partial charge in [0.2, 0.25) is 0 Å². The molecule has 2 aromatic rings. The van der Waals surface area contributed by atoms with E-state index in [-0.39, 0.29) is 17.8 Å². The van der Waals surface area contributed by atoms with Crippen molar-refractivity contribution in [3.8, 4) is 0 Å². The highest BCUT2D eigenvalue weighted by atomic mass is 16.6. The summed E-state index contributed by atoms with van der Waals surface area (Å²) < 4.78 is 0. The Labute approximate surface area is 132 Å². The number of anilines is 1. The zero-order valence-corrected chi connectivity index (χ0v) is 12.4. The van der Waals surface area contributed by atoms with Gasteiger partial charge in [-0.15, -0.1) is 0 Å². The summed E-state index contributed by atoms with van der Waals surface area (Å²) in [5.41, 5.74) is 1.34. The molecule has 1 aromatic heterocycles. The molecule has 23 heavy (non-hydrogen) atoms. The van der Waals surface area contributed by atoms with Crippen LogP contribution in [0.3, 0.4) is 0 Å². The number of nitrogens with one attached hydrogen (secondary N) is 2. The van der Waals surface area contributed by atoms with Crippen molar-refractivity contribution in [2.75, 3.05) is 11.9 Å². The number of amides is 2. The number of benzene rings is 1. The molecule has 2 N–H and O–H groups in total. The molecule has 1 fully saturated rings. The number of nitro benzene ring substituents is 1. The van der Waals surface area contributed by atoms with Crippen LogP contribution in [0, 0.1) is 10.1 Å². The lowest BCUT2D eigenvalue weighted by atomic mass is 9.98. The van der Waals surface area contributed by atoms with E-state index >= 15 is 0 Å². The normalized spacial score (nSPS) is 17.7. The molecule has 0 spiro atoms. The first-order valence-electron chi connectivity index (χ1n) is 7.46. The number of rotatable bonds is 3. The summed E-state index contributed by atoms with van der Waals surface area (Å²) in [6.07, 6.45) is 6.39. The minimum Gasteiger partial charge on any atom is -0.317 e. The second-order valence-electron chi connectivity index (χ2n) is 5.47. The molecule has 8 nitrogen and oxygen atoms in total. The summed E-state index contributed by atoms with van der Waals surface area (Å²) in [4.78, 5) is 24.7. The minimum atomic E-state index is -0.481. The summed E-state index contributed by atoms with van der Waals surface area (Å²) in [6, 6.07) is 5.66. The lowest BCUT2D eigenvalue weighted by Gasteiger charge is -2.35. The number of likely N-dealkylation sites (tertiary alicyclic amines) is 1. The van der Waals surface area contributed by atoms with E-state index in [1.165, 1.54) is 12.1 Å². The van der Waals surface area contributed by atoms with Crippen LogP contribution in [0.15, 0.2) is 36.7 Å². The summed E-state index contributed by atoms with van der Waals surface area (Å²) in [5, 5.41) is 20.3. The Kier molecular flexibility index (Phi) is 4.22. The number of carbonyl (C=O) groups is 1. The van der Waals surface area contributed by atoms with Gasteiger partial charge >= 0.3 is 6.03 Å². The van der Waals surface area contributed by atoms with E-state index in [9.17, 15) is 14.9 Å². The van der Waals surface area contributed by atoms with E-state index in [4.69, 9.17) is 0 Å². The summed E-state index contributed by atoms with van der Waals surface area (Å²) in [5.74, 6) is 0. The lowest BCUT2D eigenvalue weighted by Crippen LogP contribution is -2.41. The molecule has 1 saturated heterocycles. The van der Waals surface area contributed by atoms with Crippen molar-refractivity contribution in [1.82, 2.24) is 15.1 Å². The van der Waals surface area contributed by atoms with Gasteiger partial charge in [0.1, 0.15) is 0 Å². The minimum absolute atomic E-state index is 0.0267. The molecular formula is C15H17N5O3. The number of piperidine rings is 1. The highest BCUT2D eigenvalue weighted by Crippen LogP contribution is 2.31. The zero-order valence-electron chi connectivity index (χ0n) is 12.4. The first-order chi connectivity index (χ1) is 11.1. The SMILES string of the molecule is O=C(Nc1cccc([N+](=O)[O-])c1)N1CCCC[C@@H]1c1cn[nH]c1. The van der Waals surface area contributed by atoms with Gasteiger partial charge in [0, 0.05) is 36.1 Å². The van der Waals surface area contributed by atoms with Crippen LogP contribution in [0.5, 0.6) is 0 Å². The predicted octanol–water partition coefficient (Wildman–Crippen LogP) is 3.08. The Morgan fingerprint density at radius 1 is 1.43 bits per heavy atom. The average Bonchev–Trinajstić information content (AvgIpc) is 3.09. The van der Waals surface area contributed by atoms with Crippen LogP contribution in [0.1, 0.15) is 30.9 Å². The highest BCUT2D eigenvalue weighted by molar-refractivity contribution is 5.90. The van der Waals surface area contributed by atoms with Crippen LogP contribution < -0.4 is 5.32 Å². The topological polar surface area (TPSA) is 104 Å². The third-order valence-corrected chi connectivity index (χ3v) is 3.98. The number of carbonyl (C=O) groups excluding carboxylic acids is 1. The Hall–Kier alpha value is -2.90. The Morgan fingerprint density at radius 2 is 2.30 bits per heavy atom.